The van der Waals surface area contributed by atoms with Crippen LogP contribution in [0.1, 0.15) is 16.1 Å². The van der Waals surface area contributed by atoms with Crippen LogP contribution in [0.4, 0.5) is 8.78 Å². The Morgan fingerprint density at radius 2 is 2.20 bits per heavy atom. The average molecular weight is 290 g/mol. The number of aromatic amines is 1. The van der Waals surface area contributed by atoms with Crippen LogP contribution in [-0.2, 0) is 6.42 Å². The third kappa shape index (κ3) is 2.36. The molecule has 0 atom stereocenters. The van der Waals surface area contributed by atoms with Gasteiger partial charge in [0.25, 0.3) is 0 Å². The van der Waals surface area contributed by atoms with E-state index in [1.165, 1.54) is 17.4 Å². The minimum Gasteiger partial charge on any atom is -0.348 e. The number of benzene rings is 1. The van der Waals surface area contributed by atoms with Crippen LogP contribution in [0, 0.1) is 18.6 Å². The topological polar surface area (TPSA) is 28.7 Å². The van der Waals surface area contributed by atoms with E-state index in [4.69, 9.17) is 0 Å². The summed E-state index contributed by atoms with van der Waals surface area (Å²) >= 11 is 1.34. The van der Waals surface area contributed by atoms with Crippen molar-refractivity contribution in [1.82, 2.24) is 9.97 Å². The lowest BCUT2D eigenvalue weighted by Crippen LogP contribution is -1.80. The average Bonchev–Trinajstić information content (AvgIpc) is 3.01. The lowest BCUT2D eigenvalue weighted by molar-refractivity contribution is 0.593. The quantitative estimate of drug-likeness (QED) is 0.757. The highest BCUT2D eigenvalue weighted by molar-refractivity contribution is 7.20. The summed E-state index contributed by atoms with van der Waals surface area (Å²) in [5.74, 6) is -1.04. The van der Waals surface area contributed by atoms with Gasteiger partial charge < -0.3 is 4.98 Å². The molecule has 0 amide bonds. The molecule has 5 heteroatoms. The van der Waals surface area contributed by atoms with E-state index in [1.54, 1.807) is 12.5 Å². The van der Waals surface area contributed by atoms with Gasteiger partial charge in [-0.25, -0.2) is 13.8 Å². The van der Waals surface area contributed by atoms with Gasteiger partial charge in [-0.05, 0) is 24.6 Å². The number of hydrogen-bond donors (Lipinski definition) is 1. The third-order valence-corrected chi connectivity index (χ3v) is 4.44. The summed E-state index contributed by atoms with van der Waals surface area (Å²) in [6, 6.07) is 2.31. The lowest BCUT2D eigenvalue weighted by atomic mass is 10.1. The number of nitrogens with zero attached hydrogens (tertiary/aromatic N) is 1. The number of allylic oxidation sites excluding steroid dienone is 1. The monoisotopic (exact) mass is 290 g/mol. The highest BCUT2D eigenvalue weighted by Crippen LogP contribution is 2.34. The van der Waals surface area contributed by atoms with Gasteiger partial charge in [0.05, 0.1) is 11.0 Å². The molecule has 0 spiro atoms. The Hall–Kier alpha value is -2.01. The zero-order valence-corrected chi connectivity index (χ0v) is 11.6. The first-order valence-electron chi connectivity index (χ1n) is 6.17. The molecule has 0 fully saturated rings. The molecular weight excluding hydrogens is 278 g/mol. The maximum absolute atomic E-state index is 13.7. The van der Waals surface area contributed by atoms with Gasteiger partial charge >= 0.3 is 0 Å². The van der Waals surface area contributed by atoms with Crippen molar-refractivity contribution in [2.24, 2.45) is 0 Å². The number of halogens is 2. The molecule has 0 radical (unpaired) electrons. The summed E-state index contributed by atoms with van der Waals surface area (Å²) in [7, 11) is 0. The molecule has 0 unspecified atom stereocenters. The van der Waals surface area contributed by atoms with Gasteiger partial charge in [-0.2, -0.15) is 0 Å². The molecule has 0 saturated carbocycles. The number of hydrogen-bond acceptors (Lipinski definition) is 2. The van der Waals surface area contributed by atoms with Crippen molar-refractivity contribution in [3.05, 3.63) is 58.5 Å². The van der Waals surface area contributed by atoms with E-state index in [0.29, 0.717) is 10.1 Å². The lowest BCUT2D eigenvalue weighted by Gasteiger charge is -1.94. The molecule has 0 bridgehead atoms. The first-order chi connectivity index (χ1) is 9.65. The molecule has 0 aliphatic rings. The number of aromatic nitrogens is 2. The van der Waals surface area contributed by atoms with Gasteiger partial charge in [0.15, 0.2) is 0 Å². The zero-order chi connectivity index (χ0) is 14.1. The largest absolute Gasteiger partial charge is 0.348 e. The fourth-order valence-electron chi connectivity index (χ4n) is 2.11. The first-order valence-corrected chi connectivity index (χ1v) is 6.98. The summed E-state index contributed by atoms with van der Waals surface area (Å²) in [6.07, 6.45) is 8.05. The van der Waals surface area contributed by atoms with Crippen molar-refractivity contribution in [2.75, 3.05) is 0 Å². The van der Waals surface area contributed by atoms with Gasteiger partial charge in [0.2, 0.25) is 0 Å². The van der Waals surface area contributed by atoms with Gasteiger partial charge in [-0.1, -0.05) is 6.08 Å². The highest BCUT2D eigenvalue weighted by Gasteiger charge is 2.11. The summed E-state index contributed by atoms with van der Waals surface area (Å²) in [5.41, 5.74) is 1.92. The Morgan fingerprint density at radius 1 is 1.35 bits per heavy atom. The van der Waals surface area contributed by atoms with Crippen molar-refractivity contribution in [3.63, 3.8) is 0 Å². The molecule has 20 heavy (non-hydrogen) atoms. The molecule has 0 saturated heterocycles. The Morgan fingerprint density at radius 3 is 2.95 bits per heavy atom. The van der Waals surface area contributed by atoms with Gasteiger partial charge in [0.1, 0.15) is 11.6 Å². The Balaban J connectivity index is 1.94. The Labute approximate surface area is 118 Å². The van der Waals surface area contributed by atoms with E-state index >= 15 is 0 Å². The molecule has 3 aromatic rings. The fraction of sp³-hybridized carbons (Fsp3) is 0.133. The van der Waals surface area contributed by atoms with Crippen molar-refractivity contribution < 1.29 is 8.78 Å². The van der Waals surface area contributed by atoms with Crippen LogP contribution in [0.15, 0.2) is 30.7 Å². The normalized spacial score (nSPS) is 11.8. The van der Waals surface area contributed by atoms with Crippen LogP contribution in [0.3, 0.4) is 0 Å². The molecule has 0 aliphatic carbocycles. The van der Waals surface area contributed by atoms with Crippen molar-refractivity contribution in [1.29, 1.82) is 0 Å². The molecule has 2 aromatic heterocycles. The molecule has 0 aliphatic heterocycles. The van der Waals surface area contributed by atoms with Crippen LogP contribution in [0.25, 0.3) is 16.2 Å². The zero-order valence-electron chi connectivity index (χ0n) is 10.8. The molecular formula is C15H12F2N2S. The maximum atomic E-state index is 13.7. The second-order valence-electron chi connectivity index (χ2n) is 4.54. The van der Waals surface area contributed by atoms with Gasteiger partial charge in [0, 0.05) is 34.6 Å². The predicted molar refractivity (Wildman–Crippen MR) is 77.8 cm³/mol. The first kappa shape index (κ1) is 13.0. The molecule has 3 rings (SSSR count). The summed E-state index contributed by atoms with van der Waals surface area (Å²) in [6.45, 7) is 1.88. The molecule has 2 heterocycles. The number of rotatable bonds is 3. The number of thiophene rings is 1. The number of nitrogens with one attached hydrogen (secondary N) is 1. The van der Waals surface area contributed by atoms with Crippen molar-refractivity contribution >= 4 is 27.5 Å². The maximum Gasteiger partial charge on any atom is 0.143 e. The Bertz CT molecular complexity index is 773. The second kappa shape index (κ2) is 5.17. The molecule has 1 aromatic carbocycles. The van der Waals surface area contributed by atoms with Crippen LogP contribution in [0.2, 0.25) is 0 Å². The highest BCUT2D eigenvalue weighted by atomic mass is 32.1. The molecule has 2 nitrogen and oxygen atoms in total. The molecule has 1 N–H and O–H groups in total. The van der Waals surface area contributed by atoms with Crippen LogP contribution in [0.5, 0.6) is 0 Å². The van der Waals surface area contributed by atoms with Crippen LogP contribution < -0.4 is 0 Å². The van der Waals surface area contributed by atoms with E-state index in [-0.39, 0.29) is 0 Å². The fourth-order valence-corrected chi connectivity index (χ4v) is 3.24. The van der Waals surface area contributed by atoms with E-state index in [1.807, 2.05) is 19.1 Å². The third-order valence-electron chi connectivity index (χ3n) is 3.16. The standard InChI is InChI=1S/C15H12F2N2S/c1-9-12-5-10(16)6-13(17)15(12)20-14(9)4-2-3-11-7-18-8-19-11/h2,4-8H,3H2,1H3,(H,18,19)/b4-2+. The summed E-state index contributed by atoms with van der Waals surface area (Å²) in [4.78, 5) is 7.90. The van der Waals surface area contributed by atoms with Crippen molar-refractivity contribution in [2.45, 2.75) is 13.3 Å². The van der Waals surface area contributed by atoms with E-state index in [2.05, 4.69) is 9.97 Å². The minimum absolute atomic E-state index is 0.499. The summed E-state index contributed by atoms with van der Waals surface area (Å²) in [5, 5.41) is 0.647. The van der Waals surface area contributed by atoms with Gasteiger partial charge in [-0.3, -0.25) is 0 Å². The van der Waals surface area contributed by atoms with Crippen LogP contribution in [-0.4, -0.2) is 9.97 Å². The number of fused-ring (bicyclic) bond motifs is 1. The number of imidazole rings is 1. The van der Waals surface area contributed by atoms with Crippen LogP contribution >= 0.6 is 11.3 Å². The molecule has 102 valence electrons. The SMILES string of the molecule is Cc1c(/C=C/Cc2cnc[nH]2)sc2c(F)cc(F)cc12. The second-order valence-corrected chi connectivity index (χ2v) is 5.59. The van der Waals surface area contributed by atoms with E-state index in [0.717, 1.165) is 28.6 Å². The van der Waals surface area contributed by atoms with E-state index in [9.17, 15) is 8.78 Å². The predicted octanol–water partition coefficient (Wildman–Crippen LogP) is 4.47. The van der Waals surface area contributed by atoms with Crippen molar-refractivity contribution in [3.8, 4) is 0 Å². The summed E-state index contributed by atoms with van der Waals surface area (Å²) < 4.78 is 27.5. The van der Waals surface area contributed by atoms with E-state index < -0.39 is 11.6 Å². The smallest absolute Gasteiger partial charge is 0.143 e. The Kier molecular flexibility index (Phi) is 3.36. The number of aryl methyl sites for hydroxylation is 1. The number of H-pyrrole nitrogens is 1. The van der Waals surface area contributed by atoms with Gasteiger partial charge in [-0.15, -0.1) is 11.3 Å². The minimum atomic E-state index is -0.538.